The summed E-state index contributed by atoms with van der Waals surface area (Å²) in [4.78, 5) is 0. The molecule has 0 spiro atoms. The van der Waals surface area contributed by atoms with Crippen molar-refractivity contribution in [1.29, 1.82) is 0 Å². The molecular weight excluding hydrogens is 507 g/mol. The molecule has 0 atom stereocenters. The Morgan fingerprint density at radius 3 is 1.06 bits per heavy atom. The molecule has 0 aliphatic carbocycles. The molecule has 0 nitrogen and oxygen atoms in total. The minimum atomic E-state index is -3.04. The van der Waals surface area contributed by atoms with Crippen molar-refractivity contribution in [1.82, 2.24) is 0 Å². The third-order valence-electron chi connectivity index (χ3n) is 6.69. The fourth-order valence-electron chi connectivity index (χ4n) is 4.88. The average molecular weight is 535 g/mol. The van der Waals surface area contributed by atoms with Crippen LogP contribution in [0.3, 0.4) is 0 Å². The zero-order chi connectivity index (χ0) is 24.0. The molecule has 35 heavy (non-hydrogen) atoms. The Morgan fingerprint density at radius 1 is 0.457 bits per heavy atom. The Hall–Kier alpha value is -3.25. The first-order valence-corrected chi connectivity index (χ1v) is 16.3. The molecular formula is C33H28BrP. The van der Waals surface area contributed by atoms with E-state index in [0.29, 0.717) is 0 Å². The molecule has 5 rings (SSSR count). The molecule has 0 amide bonds. The third-order valence-corrected chi connectivity index (χ3v) is 16.2. The molecule has 0 radical (unpaired) electrons. The monoisotopic (exact) mass is 534 g/mol. The van der Waals surface area contributed by atoms with Crippen molar-refractivity contribution in [3.63, 3.8) is 0 Å². The average Bonchev–Trinajstić information content (AvgIpc) is 2.96. The Morgan fingerprint density at radius 2 is 0.743 bits per heavy atom. The summed E-state index contributed by atoms with van der Waals surface area (Å²) in [7, 11) is 0. The van der Waals surface area contributed by atoms with Crippen LogP contribution in [-0.4, -0.2) is 6.16 Å². The molecule has 0 saturated carbocycles. The van der Waals surface area contributed by atoms with Crippen LogP contribution in [0.1, 0.15) is 11.1 Å². The summed E-state index contributed by atoms with van der Waals surface area (Å²) in [6, 6.07) is 54.4. The van der Waals surface area contributed by atoms with Crippen molar-refractivity contribution in [3.8, 4) is 0 Å². The van der Waals surface area contributed by atoms with Gasteiger partial charge in [-0.05, 0) is 0 Å². The van der Waals surface area contributed by atoms with Crippen LogP contribution in [0.15, 0.2) is 158 Å². The normalized spacial score (nSPS) is 12.3. The van der Waals surface area contributed by atoms with Crippen LogP contribution in [0, 0.1) is 0 Å². The summed E-state index contributed by atoms with van der Waals surface area (Å²) < 4.78 is 0. The Balaban J connectivity index is 1.81. The molecule has 0 aliphatic heterocycles. The van der Waals surface area contributed by atoms with Crippen LogP contribution in [-0.2, 0) is 0 Å². The van der Waals surface area contributed by atoms with E-state index >= 15 is 0 Å². The van der Waals surface area contributed by atoms with Crippen molar-refractivity contribution in [2.75, 3.05) is 6.16 Å². The maximum atomic E-state index is 4.58. The zero-order valence-electron chi connectivity index (χ0n) is 19.5. The van der Waals surface area contributed by atoms with E-state index in [9.17, 15) is 0 Å². The predicted octanol–water partition coefficient (Wildman–Crippen LogP) is 7.96. The van der Waals surface area contributed by atoms with Crippen molar-refractivity contribution in [2.24, 2.45) is 0 Å². The van der Waals surface area contributed by atoms with Gasteiger partial charge in [0, 0.05) is 0 Å². The van der Waals surface area contributed by atoms with E-state index in [4.69, 9.17) is 0 Å². The molecule has 0 aromatic heterocycles. The van der Waals surface area contributed by atoms with E-state index in [0.717, 1.165) is 6.16 Å². The summed E-state index contributed by atoms with van der Waals surface area (Å²) in [5, 5.41) is 0.942. The molecule has 0 aliphatic rings. The van der Waals surface area contributed by atoms with Crippen LogP contribution in [0.2, 0.25) is 0 Å². The van der Waals surface area contributed by atoms with Crippen LogP contribution in [0.5, 0.6) is 0 Å². The molecule has 0 unspecified atom stereocenters. The summed E-state index contributed by atoms with van der Waals surface area (Å²) in [6.45, 7) is 0. The molecule has 5 aromatic rings. The quantitative estimate of drug-likeness (QED) is 0.186. The van der Waals surface area contributed by atoms with E-state index in [2.05, 4.69) is 173 Å². The van der Waals surface area contributed by atoms with Gasteiger partial charge in [-0.25, -0.2) is 0 Å². The molecule has 172 valence electrons. The van der Waals surface area contributed by atoms with Crippen LogP contribution in [0.25, 0.3) is 5.57 Å². The second-order valence-electron chi connectivity index (χ2n) is 8.72. The molecule has 0 saturated heterocycles. The van der Waals surface area contributed by atoms with Gasteiger partial charge in [0.1, 0.15) is 0 Å². The number of hydrogen-bond acceptors (Lipinski definition) is 0. The Bertz CT molecular complexity index is 1260. The number of hydrogen-bond donors (Lipinski definition) is 0. The Labute approximate surface area is 216 Å². The standard InChI is InChI=1S/C33H28BrP/c34-35(30-20-10-3-11-21-30,31-22-12-4-13-23-31,32-24-14-5-15-25-32)27-26-33(28-16-6-1-7-17-28)29-18-8-2-9-19-29/h1-26H,27H2. The number of allylic oxidation sites excluding steroid dienone is 1. The van der Waals surface area contributed by atoms with Gasteiger partial charge in [0.2, 0.25) is 0 Å². The first-order chi connectivity index (χ1) is 17.2. The number of rotatable bonds is 7. The second-order valence-corrected chi connectivity index (χ2v) is 17.7. The summed E-state index contributed by atoms with van der Waals surface area (Å²) in [5.41, 5.74) is 3.71. The fraction of sp³-hybridized carbons (Fsp3) is 0.0303. The predicted molar refractivity (Wildman–Crippen MR) is 159 cm³/mol. The first kappa shape index (κ1) is 23.5. The number of benzene rings is 5. The van der Waals surface area contributed by atoms with Crippen molar-refractivity contribution >= 4 is 42.3 Å². The van der Waals surface area contributed by atoms with Gasteiger partial charge in [0.15, 0.2) is 0 Å². The zero-order valence-corrected chi connectivity index (χ0v) is 22.0. The van der Waals surface area contributed by atoms with Gasteiger partial charge in [0.05, 0.1) is 0 Å². The van der Waals surface area contributed by atoms with Gasteiger partial charge in [-0.1, -0.05) is 0 Å². The summed E-state index contributed by atoms with van der Waals surface area (Å²) in [6.07, 6.45) is 3.30. The van der Waals surface area contributed by atoms with Crippen LogP contribution >= 0.6 is 20.8 Å². The molecule has 5 aromatic carbocycles. The van der Waals surface area contributed by atoms with Crippen molar-refractivity contribution in [2.45, 2.75) is 0 Å². The first-order valence-electron chi connectivity index (χ1n) is 11.9. The SMILES string of the molecule is BrP(CC=C(c1ccccc1)c1ccccc1)(c1ccccc1)(c1ccccc1)c1ccccc1. The van der Waals surface area contributed by atoms with Gasteiger partial charge in [-0.3, -0.25) is 0 Å². The van der Waals surface area contributed by atoms with E-state index in [1.165, 1.54) is 32.6 Å². The van der Waals surface area contributed by atoms with E-state index in [-0.39, 0.29) is 0 Å². The van der Waals surface area contributed by atoms with Gasteiger partial charge >= 0.3 is 217 Å². The number of halogens is 1. The van der Waals surface area contributed by atoms with Crippen LogP contribution in [0.4, 0.5) is 0 Å². The van der Waals surface area contributed by atoms with Gasteiger partial charge in [-0.15, -0.1) is 0 Å². The fourth-order valence-corrected chi connectivity index (χ4v) is 11.9. The van der Waals surface area contributed by atoms with Crippen LogP contribution < -0.4 is 15.9 Å². The summed E-state index contributed by atoms with van der Waals surface area (Å²) >= 11 is 4.58. The van der Waals surface area contributed by atoms with Crippen molar-refractivity contribution in [3.05, 3.63) is 169 Å². The topological polar surface area (TPSA) is 0 Å². The molecule has 0 heterocycles. The second kappa shape index (κ2) is 10.2. The molecule has 0 fully saturated rings. The third kappa shape index (κ3) is 4.43. The van der Waals surface area contributed by atoms with E-state index in [1.54, 1.807) is 0 Å². The van der Waals surface area contributed by atoms with Gasteiger partial charge < -0.3 is 0 Å². The van der Waals surface area contributed by atoms with Crippen molar-refractivity contribution < 1.29 is 0 Å². The van der Waals surface area contributed by atoms with Gasteiger partial charge in [-0.2, -0.15) is 0 Å². The van der Waals surface area contributed by atoms with E-state index in [1.807, 2.05) is 0 Å². The van der Waals surface area contributed by atoms with Gasteiger partial charge in [0.25, 0.3) is 0 Å². The Kier molecular flexibility index (Phi) is 6.82. The minimum absolute atomic E-state index is 0.850. The molecule has 2 heteroatoms. The molecule has 0 N–H and O–H groups in total. The maximum absolute atomic E-state index is 4.58. The van der Waals surface area contributed by atoms with E-state index < -0.39 is 5.31 Å². The molecule has 0 bridgehead atoms. The summed E-state index contributed by atoms with van der Waals surface area (Å²) in [5.74, 6) is 0.